The Morgan fingerprint density at radius 2 is 2.11 bits per heavy atom. The van der Waals surface area contributed by atoms with Gasteiger partial charge in [-0.25, -0.2) is 0 Å². The van der Waals surface area contributed by atoms with Gasteiger partial charge in [-0.15, -0.1) is 0 Å². The molecule has 0 saturated carbocycles. The Bertz CT molecular complexity index is 486. The van der Waals surface area contributed by atoms with Gasteiger partial charge in [-0.1, -0.05) is 11.6 Å². The summed E-state index contributed by atoms with van der Waals surface area (Å²) in [5, 5.41) is 6.72. The van der Waals surface area contributed by atoms with E-state index in [-0.39, 0.29) is 5.91 Å². The Morgan fingerprint density at radius 1 is 1.33 bits per heavy atom. The van der Waals surface area contributed by atoms with E-state index in [1.54, 1.807) is 12.4 Å². The van der Waals surface area contributed by atoms with Gasteiger partial charge in [-0.3, -0.25) is 9.78 Å². The highest BCUT2D eigenvalue weighted by Crippen LogP contribution is 2.39. The lowest BCUT2D eigenvalue weighted by Gasteiger charge is -2.34. The highest BCUT2D eigenvalue weighted by atomic mass is 35.5. The molecule has 0 aliphatic carbocycles. The summed E-state index contributed by atoms with van der Waals surface area (Å²) in [4.78, 5) is 16.4. The normalized spacial score (nSPS) is 21.7. The number of pyridine rings is 1. The SMILES string of the molecule is O=C1Nc2cncc(Cl)c2NCC12CCOCC2. The number of halogens is 1. The molecule has 1 aromatic heterocycles. The summed E-state index contributed by atoms with van der Waals surface area (Å²) in [6.45, 7) is 1.83. The van der Waals surface area contributed by atoms with Crippen LogP contribution in [0.1, 0.15) is 12.8 Å². The molecule has 0 radical (unpaired) electrons. The summed E-state index contributed by atoms with van der Waals surface area (Å²) < 4.78 is 5.34. The molecule has 1 amide bonds. The Labute approximate surface area is 110 Å². The summed E-state index contributed by atoms with van der Waals surface area (Å²) in [7, 11) is 0. The second-order valence-electron chi connectivity index (χ2n) is 4.74. The first-order valence-electron chi connectivity index (χ1n) is 5.98. The van der Waals surface area contributed by atoms with Gasteiger partial charge >= 0.3 is 0 Å². The number of carbonyl (C=O) groups is 1. The molecule has 2 aliphatic rings. The zero-order valence-corrected chi connectivity index (χ0v) is 10.6. The molecule has 5 nitrogen and oxygen atoms in total. The first kappa shape index (κ1) is 11.7. The Morgan fingerprint density at radius 3 is 2.89 bits per heavy atom. The molecule has 6 heteroatoms. The van der Waals surface area contributed by atoms with Crippen LogP contribution in [0.4, 0.5) is 11.4 Å². The van der Waals surface area contributed by atoms with E-state index in [9.17, 15) is 4.79 Å². The van der Waals surface area contributed by atoms with Crippen LogP contribution < -0.4 is 10.6 Å². The predicted octanol–water partition coefficient (Wildman–Crippen LogP) is 1.90. The van der Waals surface area contributed by atoms with Crippen LogP contribution in [0.5, 0.6) is 0 Å². The van der Waals surface area contributed by atoms with Crippen molar-refractivity contribution in [3.8, 4) is 0 Å². The highest BCUT2D eigenvalue weighted by Gasteiger charge is 2.42. The van der Waals surface area contributed by atoms with Crippen molar-refractivity contribution in [3.05, 3.63) is 17.4 Å². The van der Waals surface area contributed by atoms with Crippen molar-refractivity contribution in [1.29, 1.82) is 0 Å². The zero-order chi connectivity index (χ0) is 12.6. The van der Waals surface area contributed by atoms with Crippen molar-refractivity contribution in [3.63, 3.8) is 0 Å². The monoisotopic (exact) mass is 267 g/mol. The Kier molecular flexibility index (Phi) is 2.87. The van der Waals surface area contributed by atoms with Gasteiger partial charge in [0.05, 0.1) is 28.0 Å². The minimum atomic E-state index is -0.402. The molecule has 3 heterocycles. The van der Waals surface area contributed by atoms with E-state index >= 15 is 0 Å². The van der Waals surface area contributed by atoms with E-state index in [4.69, 9.17) is 16.3 Å². The number of amides is 1. The predicted molar refractivity (Wildman–Crippen MR) is 68.9 cm³/mol. The largest absolute Gasteiger partial charge is 0.381 e. The van der Waals surface area contributed by atoms with Gasteiger partial charge in [0.2, 0.25) is 5.91 Å². The first-order chi connectivity index (χ1) is 8.71. The molecule has 0 unspecified atom stereocenters. The highest BCUT2D eigenvalue weighted by molar-refractivity contribution is 6.34. The number of carbonyl (C=O) groups excluding carboxylic acids is 1. The van der Waals surface area contributed by atoms with Crippen LogP contribution in [-0.2, 0) is 9.53 Å². The van der Waals surface area contributed by atoms with E-state index in [2.05, 4.69) is 15.6 Å². The van der Waals surface area contributed by atoms with Crippen LogP contribution in [0.15, 0.2) is 12.4 Å². The molecule has 0 atom stereocenters. The van der Waals surface area contributed by atoms with Crippen molar-refractivity contribution in [2.45, 2.75) is 12.8 Å². The van der Waals surface area contributed by atoms with Gasteiger partial charge in [-0.05, 0) is 12.8 Å². The summed E-state index contributed by atoms with van der Waals surface area (Å²) in [5.41, 5.74) is 1.000. The lowest BCUT2D eigenvalue weighted by molar-refractivity contribution is -0.129. The number of ether oxygens (including phenoxy) is 1. The van der Waals surface area contributed by atoms with E-state index in [1.165, 1.54) is 0 Å². The molecule has 2 N–H and O–H groups in total. The quantitative estimate of drug-likeness (QED) is 0.754. The molecule has 18 heavy (non-hydrogen) atoms. The van der Waals surface area contributed by atoms with Gasteiger partial charge in [0, 0.05) is 26.0 Å². The third kappa shape index (κ3) is 1.83. The van der Waals surface area contributed by atoms with Gasteiger partial charge in [-0.2, -0.15) is 0 Å². The number of aromatic nitrogens is 1. The number of nitrogens with one attached hydrogen (secondary N) is 2. The molecule has 1 fully saturated rings. The fourth-order valence-electron chi connectivity index (χ4n) is 2.47. The molecule has 1 spiro atoms. The van der Waals surface area contributed by atoms with E-state index in [0.29, 0.717) is 30.5 Å². The fourth-order valence-corrected chi connectivity index (χ4v) is 2.69. The van der Waals surface area contributed by atoms with Gasteiger partial charge in [0.1, 0.15) is 0 Å². The smallest absolute Gasteiger partial charge is 0.232 e. The molecule has 0 aromatic carbocycles. The minimum absolute atomic E-state index is 0.0288. The Balaban J connectivity index is 1.95. The van der Waals surface area contributed by atoms with Gasteiger partial charge in [0.15, 0.2) is 0 Å². The van der Waals surface area contributed by atoms with Gasteiger partial charge < -0.3 is 15.4 Å². The standard InChI is InChI=1S/C12H14ClN3O2/c13-8-5-14-6-9-10(8)15-7-12(11(17)16-9)1-3-18-4-2-12/h5-6,15H,1-4,7H2,(H,16,17). The lowest BCUT2D eigenvalue weighted by Crippen LogP contribution is -2.44. The van der Waals surface area contributed by atoms with Crippen LogP contribution in [0.3, 0.4) is 0 Å². The number of hydrogen-bond acceptors (Lipinski definition) is 4. The van der Waals surface area contributed by atoms with Crippen molar-refractivity contribution in [2.75, 3.05) is 30.4 Å². The molecule has 96 valence electrons. The van der Waals surface area contributed by atoms with Crippen LogP contribution in [0, 0.1) is 5.41 Å². The minimum Gasteiger partial charge on any atom is -0.381 e. The number of anilines is 2. The van der Waals surface area contributed by atoms with Crippen LogP contribution >= 0.6 is 11.6 Å². The molecular weight excluding hydrogens is 254 g/mol. The first-order valence-corrected chi connectivity index (χ1v) is 6.36. The number of hydrogen-bond donors (Lipinski definition) is 2. The van der Waals surface area contributed by atoms with Crippen molar-refractivity contribution in [2.24, 2.45) is 5.41 Å². The second-order valence-corrected chi connectivity index (χ2v) is 5.15. The maximum absolute atomic E-state index is 12.4. The lowest BCUT2D eigenvalue weighted by atomic mass is 9.79. The summed E-state index contributed by atoms with van der Waals surface area (Å²) in [5.74, 6) is 0.0288. The molecule has 1 saturated heterocycles. The summed E-state index contributed by atoms with van der Waals surface area (Å²) in [6, 6.07) is 0. The van der Waals surface area contributed by atoms with Crippen molar-refractivity contribution < 1.29 is 9.53 Å². The fraction of sp³-hybridized carbons (Fsp3) is 0.500. The van der Waals surface area contributed by atoms with Crippen molar-refractivity contribution in [1.82, 2.24) is 4.98 Å². The van der Waals surface area contributed by atoms with Crippen LogP contribution in [-0.4, -0.2) is 30.6 Å². The molecular formula is C12H14ClN3O2. The van der Waals surface area contributed by atoms with E-state index < -0.39 is 5.41 Å². The molecule has 3 rings (SSSR count). The third-order valence-corrected chi connectivity index (χ3v) is 3.97. The van der Waals surface area contributed by atoms with E-state index in [0.717, 1.165) is 18.5 Å². The molecule has 2 aliphatic heterocycles. The van der Waals surface area contributed by atoms with E-state index in [1.807, 2.05) is 0 Å². The maximum atomic E-state index is 12.4. The average Bonchev–Trinajstić information content (AvgIpc) is 2.51. The van der Waals surface area contributed by atoms with Crippen molar-refractivity contribution >= 4 is 28.9 Å². The molecule has 0 bridgehead atoms. The average molecular weight is 268 g/mol. The maximum Gasteiger partial charge on any atom is 0.232 e. The second kappa shape index (κ2) is 4.40. The Hall–Kier alpha value is -1.33. The number of fused-ring (bicyclic) bond motifs is 1. The number of nitrogens with zero attached hydrogens (tertiary/aromatic N) is 1. The summed E-state index contributed by atoms with van der Waals surface area (Å²) in [6.07, 6.45) is 4.64. The topological polar surface area (TPSA) is 63.2 Å². The third-order valence-electron chi connectivity index (χ3n) is 3.68. The zero-order valence-electron chi connectivity index (χ0n) is 9.83. The van der Waals surface area contributed by atoms with Crippen LogP contribution in [0.2, 0.25) is 5.02 Å². The molecule has 1 aromatic rings. The van der Waals surface area contributed by atoms with Gasteiger partial charge in [0.25, 0.3) is 0 Å². The number of rotatable bonds is 0. The summed E-state index contributed by atoms with van der Waals surface area (Å²) >= 11 is 6.09. The van der Waals surface area contributed by atoms with Crippen LogP contribution in [0.25, 0.3) is 0 Å².